The molecule has 0 saturated heterocycles. The van der Waals surface area contributed by atoms with Crippen LogP contribution in [-0.4, -0.2) is 51.9 Å². The van der Waals surface area contributed by atoms with Crippen LogP contribution in [0.5, 0.6) is 5.75 Å². The summed E-state index contributed by atoms with van der Waals surface area (Å²) in [5, 5.41) is 14.4. The number of aryl methyl sites for hydroxylation is 1. The topological polar surface area (TPSA) is 93.4 Å². The van der Waals surface area contributed by atoms with Crippen molar-refractivity contribution in [2.24, 2.45) is 5.92 Å². The maximum atomic E-state index is 13.6. The van der Waals surface area contributed by atoms with E-state index >= 15 is 0 Å². The molecule has 3 aromatic rings. The zero-order valence-corrected chi connectivity index (χ0v) is 17.2. The largest absolute Gasteiger partial charge is 0.497 e. The van der Waals surface area contributed by atoms with Crippen molar-refractivity contribution in [2.75, 3.05) is 25.5 Å². The number of hydrogen-bond donors (Lipinski definition) is 2. The summed E-state index contributed by atoms with van der Waals surface area (Å²) in [6.45, 7) is 6.35. The van der Waals surface area contributed by atoms with Gasteiger partial charge in [-0.3, -0.25) is 9.20 Å². The van der Waals surface area contributed by atoms with Crippen LogP contribution in [-0.2, 0) is 4.79 Å². The Morgan fingerprint density at radius 1 is 1.24 bits per heavy atom. The maximum absolute atomic E-state index is 13.6. The molecule has 8 nitrogen and oxygen atoms in total. The SMILES string of the molecule is COc1ccc2c(c1)nc(NCCCCNC(=O)C(F)C(C)C)c1nnc(C)n12. The van der Waals surface area contributed by atoms with E-state index in [2.05, 4.69) is 25.8 Å². The third-order valence-electron chi connectivity index (χ3n) is 4.72. The van der Waals surface area contributed by atoms with Crippen LogP contribution in [0.25, 0.3) is 16.7 Å². The van der Waals surface area contributed by atoms with Gasteiger partial charge in [0.15, 0.2) is 12.0 Å². The number of carbonyl (C=O) groups excluding carboxylic acids is 1. The van der Waals surface area contributed by atoms with Gasteiger partial charge < -0.3 is 15.4 Å². The Morgan fingerprint density at radius 2 is 2.00 bits per heavy atom. The number of amides is 1. The summed E-state index contributed by atoms with van der Waals surface area (Å²) in [6.07, 6.45) is 0.0552. The molecule has 0 saturated carbocycles. The molecule has 156 valence electrons. The lowest BCUT2D eigenvalue weighted by Crippen LogP contribution is -2.35. The standard InChI is InChI=1S/C20H27FN6O2/c1-12(2)17(21)20(28)23-10-6-5-9-22-18-19-26-25-13(3)27(19)16-8-7-14(29-4)11-15(16)24-18/h7-8,11-12,17H,5-6,9-10H2,1-4H3,(H,22,24)(H,23,28). The van der Waals surface area contributed by atoms with Crippen molar-refractivity contribution < 1.29 is 13.9 Å². The Morgan fingerprint density at radius 3 is 2.72 bits per heavy atom. The highest BCUT2D eigenvalue weighted by Crippen LogP contribution is 2.25. The highest BCUT2D eigenvalue weighted by atomic mass is 19.1. The minimum Gasteiger partial charge on any atom is -0.497 e. The van der Waals surface area contributed by atoms with Crippen molar-refractivity contribution in [1.29, 1.82) is 0 Å². The molecule has 1 aromatic carbocycles. The minimum absolute atomic E-state index is 0.316. The van der Waals surface area contributed by atoms with Crippen molar-refractivity contribution in [3.8, 4) is 5.75 Å². The summed E-state index contributed by atoms with van der Waals surface area (Å²) >= 11 is 0. The van der Waals surface area contributed by atoms with Gasteiger partial charge >= 0.3 is 0 Å². The third kappa shape index (κ3) is 4.55. The molecule has 0 bridgehead atoms. The molecule has 2 N–H and O–H groups in total. The second-order valence-corrected chi connectivity index (χ2v) is 7.29. The van der Waals surface area contributed by atoms with Gasteiger partial charge in [-0.1, -0.05) is 13.8 Å². The lowest BCUT2D eigenvalue weighted by Gasteiger charge is -2.12. The molecule has 0 aliphatic heterocycles. The highest BCUT2D eigenvalue weighted by Gasteiger charge is 2.20. The maximum Gasteiger partial charge on any atom is 0.254 e. The molecule has 3 rings (SSSR count). The van der Waals surface area contributed by atoms with Gasteiger partial charge in [-0.15, -0.1) is 10.2 Å². The van der Waals surface area contributed by atoms with Crippen LogP contribution in [0.15, 0.2) is 18.2 Å². The number of halogens is 1. The van der Waals surface area contributed by atoms with Gasteiger partial charge in [0.05, 0.1) is 18.1 Å². The molecule has 0 spiro atoms. The molecule has 29 heavy (non-hydrogen) atoms. The molecule has 1 atom stereocenters. The number of nitrogens with one attached hydrogen (secondary N) is 2. The summed E-state index contributed by atoms with van der Waals surface area (Å²) in [7, 11) is 1.62. The normalized spacial score (nSPS) is 12.5. The molecule has 2 aromatic heterocycles. The minimum atomic E-state index is -1.46. The summed E-state index contributed by atoms with van der Waals surface area (Å²) in [6, 6.07) is 5.69. The Balaban J connectivity index is 1.63. The number of benzene rings is 1. The number of fused-ring (bicyclic) bond motifs is 3. The Bertz CT molecular complexity index is 1000. The van der Waals surface area contributed by atoms with E-state index in [0.29, 0.717) is 24.6 Å². The van der Waals surface area contributed by atoms with E-state index in [1.807, 2.05) is 29.5 Å². The first-order chi connectivity index (χ1) is 13.9. The van der Waals surface area contributed by atoms with E-state index in [1.165, 1.54) is 0 Å². The van der Waals surface area contributed by atoms with E-state index < -0.39 is 12.1 Å². The van der Waals surface area contributed by atoms with Crippen molar-refractivity contribution in [1.82, 2.24) is 24.9 Å². The molecule has 1 unspecified atom stereocenters. The van der Waals surface area contributed by atoms with E-state index in [0.717, 1.165) is 35.4 Å². The number of methoxy groups -OCH3 is 1. The fourth-order valence-electron chi connectivity index (χ4n) is 3.07. The zero-order valence-electron chi connectivity index (χ0n) is 17.2. The molecule has 0 aliphatic carbocycles. The van der Waals surface area contributed by atoms with Crippen molar-refractivity contribution in [3.05, 3.63) is 24.0 Å². The lowest BCUT2D eigenvalue weighted by atomic mass is 10.1. The average Bonchev–Trinajstić information content (AvgIpc) is 3.11. The molecule has 0 fully saturated rings. The van der Waals surface area contributed by atoms with E-state index in [1.54, 1.807) is 21.0 Å². The Labute approximate surface area is 168 Å². The first kappa shape index (κ1) is 20.8. The van der Waals surface area contributed by atoms with Crippen LogP contribution < -0.4 is 15.4 Å². The van der Waals surface area contributed by atoms with Gasteiger partial charge in [0.1, 0.15) is 11.6 Å². The Hall–Kier alpha value is -2.97. The number of nitrogens with zero attached hydrogens (tertiary/aromatic N) is 4. The van der Waals surface area contributed by atoms with Crippen molar-refractivity contribution in [3.63, 3.8) is 0 Å². The van der Waals surface area contributed by atoms with E-state index in [4.69, 9.17) is 4.74 Å². The quantitative estimate of drug-likeness (QED) is 0.535. The fourth-order valence-corrected chi connectivity index (χ4v) is 3.07. The zero-order chi connectivity index (χ0) is 21.0. The summed E-state index contributed by atoms with van der Waals surface area (Å²) in [5.41, 5.74) is 2.34. The van der Waals surface area contributed by atoms with Crippen molar-refractivity contribution >= 4 is 28.4 Å². The van der Waals surface area contributed by atoms with Gasteiger partial charge in [-0.2, -0.15) is 0 Å². The predicted molar refractivity (Wildman–Crippen MR) is 110 cm³/mol. The molecule has 0 aliphatic rings. The van der Waals surface area contributed by atoms with Gasteiger partial charge in [-0.25, -0.2) is 9.37 Å². The summed E-state index contributed by atoms with van der Waals surface area (Å²) in [4.78, 5) is 16.3. The first-order valence-corrected chi connectivity index (χ1v) is 9.77. The van der Waals surface area contributed by atoms with E-state index in [-0.39, 0.29) is 5.92 Å². The Kier molecular flexibility index (Phi) is 6.46. The molecule has 0 radical (unpaired) electrons. The number of rotatable bonds is 9. The average molecular weight is 402 g/mol. The second-order valence-electron chi connectivity index (χ2n) is 7.29. The van der Waals surface area contributed by atoms with Crippen LogP contribution in [0.4, 0.5) is 10.2 Å². The fraction of sp³-hybridized carbons (Fsp3) is 0.500. The van der Waals surface area contributed by atoms with Crippen LogP contribution in [0.3, 0.4) is 0 Å². The number of carbonyl (C=O) groups is 1. The summed E-state index contributed by atoms with van der Waals surface area (Å²) in [5.74, 6) is 1.28. The molecular weight excluding hydrogens is 375 g/mol. The number of hydrogen-bond acceptors (Lipinski definition) is 6. The van der Waals surface area contributed by atoms with Crippen LogP contribution in [0.1, 0.15) is 32.5 Å². The van der Waals surface area contributed by atoms with Crippen LogP contribution >= 0.6 is 0 Å². The van der Waals surface area contributed by atoms with Gasteiger partial charge in [0.2, 0.25) is 5.65 Å². The number of alkyl halides is 1. The molecule has 9 heteroatoms. The predicted octanol–water partition coefficient (Wildman–Crippen LogP) is 2.90. The third-order valence-corrected chi connectivity index (χ3v) is 4.72. The highest BCUT2D eigenvalue weighted by molar-refractivity contribution is 5.84. The number of unbranched alkanes of at least 4 members (excludes halogenated alkanes) is 1. The molecule has 1 amide bonds. The van der Waals surface area contributed by atoms with Gasteiger partial charge in [-0.05, 0) is 37.8 Å². The van der Waals surface area contributed by atoms with Gasteiger partial charge in [0.25, 0.3) is 5.91 Å². The molecule has 2 heterocycles. The summed E-state index contributed by atoms with van der Waals surface area (Å²) < 4.78 is 20.8. The number of ether oxygens (including phenoxy) is 1. The lowest BCUT2D eigenvalue weighted by molar-refractivity contribution is -0.127. The molecular formula is C20H27FN6O2. The number of aromatic nitrogens is 4. The monoisotopic (exact) mass is 402 g/mol. The van der Waals surface area contributed by atoms with Crippen LogP contribution in [0.2, 0.25) is 0 Å². The van der Waals surface area contributed by atoms with Crippen LogP contribution in [0, 0.1) is 12.8 Å². The first-order valence-electron chi connectivity index (χ1n) is 9.77. The second kappa shape index (κ2) is 9.02. The smallest absolute Gasteiger partial charge is 0.254 e. The van der Waals surface area contributed by atoms with Gasteiger partial charge in [0, 0.05) is 19.2 Å². The van der Waals surface area contributed by atoms with Crippen molar-refractivity contribution in [2.45, 2.75) is 39.8 Å². The number of anilines is 1. The van der Waals surface area contributed by atoms with E-state index in [9.17, 15) is 9.18 Å².